The molecule has 3 heteroatoms. The van der Waals surface area contributed by atoms with Crippen molar-refractivity contribution in [1.82, 2.24) is 5.32 Å². The monoisotopic (exact) mass is 147 g/mol. The third kappa shape index (κ3) is 15.6. The number of hydrogen-bond donors (Lipinski definition) is 1. The van der Waals surface area contributed by atoms with Gasteiger partial charge in [0.1, 0.15) is 6.29 Å². The van der Waals surface area contributed by atoms with Crippen molar-refractivity contribution in [2.75, 3.05) is 26.8 Å². The van der Waals surface area contributed by atoms with E-state index in [-0.39, 0.29) is 0 Å². The molecule has 0 aliphatic carbocycles. The number of methoxy groups -OCH3 is 1. The summed E-state index contributed by atoms with van der Waals surface area (Å²) in [6, 6.07) is 0. The highest BCUT2D eigenvalue weighted by Gasteiger charge is 1.80. The summed E-state index contributed by atoms with van der Waals surface area (Å²) in [4.78, 5) is 9.66. The van der Waals surface area contributed by atoms with E-state index in [0.717, 1.165) is 12.8 Å². The number of carbonyl (C=O) groups excluding carboxylic acids is 1. The van der Waals surface area contributed by atoms with E-state index in [1.54, 1.807) is 7.11 Å². The van der Waals surface area contributed by atoms with E-state index >= 15 is 0 Å². The number of rotatable bonds is 5. The molecule has 0 aliphatic heterocycles. The molecule has 1 N–H and O–H groups in total. The molecule has 0 aromatic carbocycles. The van der Waals surface area contributed by atoms with Gasteiger partial charge in [-0.15, -0.1) is 0 Å². The third-order valence-electron chi connectivity index (χ3n) is 0.711. The molecule has 0 unspecified atom stereocenters. The molecule has 0 aromatic heterocycles. The zero-order chi connectivity index (χ0) is 8.24. The molecule has 0 spiro atoms. The van der Waals surface area contributed by atoms with Crippen LogP contribution in [0.5, 0.6) is 0 Å². The van der Waals surface area contributed by atoms with Crippen LogP contribution >= 0.6 is 0 Å². The molecule has 0 atom stereocenters. The highest BCUT2D eigenvalue weighted by Crippen LogP contribution is 1.60. The summed E-state index contributed by atoms with van der Waals surface area (Å²) in [6.45, 7) is 5.83. The average molecular weight is 147 g/mol. The van der Waals surface area contributed by atoms with Gasteiger partial charge in [-0.3, -0.25) is 0 Å². The number of aldehydes is 1. The fourth-order valence-electron chi connectivity index (χ4n) is 0.335. The molecule has 0 saturated carbocycles. The molecule has 0 aromatic rings. The van der Waals surface area contributed by atoms with Gasteiger partial charge in [-0.2, -0.15) is 0 Å². The number of hydrogen-bond acceptors (Lipinski definition) is 3. The summed E-state index contributed by atoms with van der Waals surface area (Å²) in [5.74, 6) is 0. The van der Waals surface area contributed by atoms with Crippen LogP contribution in [0.3, 0.4) is 0 Å². The van der Waals surface area contributed by atoms with Gasteiger partial charge in [-0.25, -0.2) is 0 Å². The first-order valence-corrected chi connectivity index (χ1v) is 3.55. The Labute approximate surface area is 62.8 Å². The summed E-state index contributed by atoms with van der Waals surface area (Å²) in [6.07, 6.45) is 0.829. The maximum Gasteiger partial charge on any atom is 0.133 e. The lowest BCUT2D eigenvalue weighted by Crippen LogP contribution is -2.20. The standard InChI is InChI=1S/C5H11NO2.C2H6/c1-8-5-3-6-2-4-7;1-2/h4,6H,2-3,5H2,1H3;1-2H3. The van der Waals surface area contributed by atoms with Crippen LogP contribution in [0.4, 0.5) is 0 Å². The van der Waals surface area contributed by atoms with Crippen molar-refractivity contribution in [3.63, 3.8) is 0 Å². The maximum atomic E-state index is 9.66. The van der Waals surface area contributed by atoms with Crippen molar-refractivity contribution >= 4 is 6.29 Å². The Balaban J connectivity index is 0. The normalized spacial score (nSPS) is 7.90. The minimum Gasteiger partial charge on any atom is -0.383 e. The highest BCUT2D eigenvalue weighted by atomic mass is 16.5. The first-order chi connectivity index (χ1) is 4.91. The van der Waals surface area contributed by atoms with Gasteiger partial charge >= 0.3 is 0 Å². The summed E-state index contributed by atoms with van der Waals surface area (Å²) in [5.41, 5.74) is 0. The van der Waals surface area contributed by atoms with Crippen molar-refractivity contribution in [1.29, 1.82) is 0 Å². The molecule has 0 bridgehead atoms. The fourth-order valence-corrected chi connectivity index (χ4v) is 0.335. The van der Waals surface area contributed by atoms with E-state index in [2.05, 4.69) is 5.32 Å². The number of ether oxygens (including phenoxy) is 1. The van der Waals surface area contributed by atoms with Crippen LogP contribution < -0.4 is 5.32 Å². The quantitative estimate of drug-likeness (QED) is 0.453. The summed E-state index contributed by atoms with van der Waals surface area (Å²) < 4.78 is 4.71. The number of carbonyl (C=O) groups is 1. The van der Waals surface area contributed by atoms with Gasteiger partial charge < -0.3 is 14.8 Å². The lowest BCUT2D eigenvalue weighted by molar-refractivity contribution is -0.107. The first kappa shape index (κ1) is 12.3. The minimum absolute atomic E-state index is 0.420. The average Bonchev–Trinajstić information content (AvgIpc) is 2.02. The van der Waals surface area contributed by atoms with Gasteiger partial charge in [0.25, 0.3) is 0 Å². The Hall–Kier alpha value is -0.410. The molecular weight excluding hydrogens is 130 g/mol. The van der Waals surface area contributed by atoms with E-state index < -0.39 is 0 Å². The van der Waals surface area contributed by atoms with Crippen molar-refractivity contribution in [3.05, 3.63) is 0 Å². The van der Waals surface area contributed by atoms with Crippen LogP contribution in [-0.2, 0) is 9.53 Å². The largest absolute Gasteiger partial charge is 0.383 e. The lowest BCUT2D eigenvalue weighted by atomic mass is 10.6. The molecule has 3 nitrogen and oxygen atoms in total. The van der Waals surface area contributed by atoms with Crippen molar-refractivity contribution in [3.8, 4) is 0 Å². The summed E-state index contributed by atoms with van der Waals surface area (Å²) >= 11 is 0. The van der Waals surface area contributed by atoms with E-state index in [0.29, 0.717) is 13.2 Å². The van der Waals surface area contributed by atoms with Gasteiger partial charge in [0.15, 0.2) is 0 Å². The van der Waals surface area contributed by atoms with Crippen LogP contribution in [0, 0.1) is 0 Å². The van der Waals surface area contributed by atoms with Gasteiger partial charge in [-0.05, 0) is 0 Å². The molecule has 0 rings (SSSR count). The zero-order valence-corrected chi connectivity index (χ0v) is 7.02. The van der Waals surface area contributed by atoms with Gasteiger partial charge in [0.05, 0.1) is 13.2 Å². The van der Waals surface area contributed by atoms with Gasteiger partial charge in [0, 0.05) is 13.7 Å². The second-order valence-corrected chi connectivity index (χ2v) is 1.36. The Kier molecular flexibility index (Phi) is 19.5. The third-order valence-corrected chi connectivity index (χ3v) is 0.711. The van der Waals surface area contributed by atoms with Crippen LogP contribution in [0.1, 0.15) is 13.8 Å². The second-order valence-electron chi connectivity index (χ2n) is 1.36. The van der Waals surface area contributed by atoms with Crippen LogP contribution in [-0.4, -0.2) is 33.1 Å². The smallest absolute Gasteiger partial charge is 0.133 e. The SMILES string of the molecule is CC.COCCNCC=O. The summed E-state index contributed by atoms with van der Waals surface area (Å²) in [5, 5.41) is 2.84. The van der Waals surface area contributed by atoms with Crippen molar-refractivity contribution in [2.45, 2.75) is 13.8 Å². The Morgan fingerprint density at radius 1 is 1.50 bits per heavy atom. The van der Waals surface area contributed by atoms with Crippen LogP contribution in [0.2, 0.25) is 0 Å². The van der Waals surface area contributed by atoms with Crippen molar-refractivity contribution in [2.24, 2.45) is 0 Å². The second kappa shape index (κ2) is 15.8. The topological polar surface area (TPSA) is 38.3 Å². The van der Waals surface area contributed by atoms with Crippen LogP contribution in [0.25, 0.3) is 0 Å². The van der Waals surface area contributed by atoms with Crippen molar-refractivity contribution < 1.29 is 9.53 Å². The lowest BCUT2D eigenvalue weighted by Gasteiger charge is -1.95. The Morgan fingerprint density at radius 3 is 2.50 bits per heavy atom. The van der Waals surface area contributed by atoms with Gasteiger partial charge in [-0.1, -0.05) is 13.8 Å². The van der Waals surface area contributed by atoms with E-state index in [4.69, 9.17) is 4.74 Å². The molecule has 0 heterocycles. The molecule has 10 heavy (non-hydrogen) atoms. The molecule has 0 fully saturated rings. The highest BCUT2D eigenvalue weighted by molar-refractivity contribution is 5.51. The molecular formula is C7H17NO2. The van der Waals surface area contributed by atoms with Crippen LogP contribution in [0.15, 0.2) is 0 Å². The first-order valence-electron chi connectivity index (χ1n) is 3.55. The zero-order valence-electron chi connectivity index (χ0n) is 7.02. The minimum atomic E-state index is 0.420. The fraction of sp³-hybridized carbons (Fsp3) is 0.857. The number of nitrogens with one attached hydrogen (secondary N) is 1. The predicted molar refractivity (Wildman–Crippen MR) is 42.2 cm³/mol. The molecule has 0 amide bonds. The van der Waals surface area contributed by atoms with E-state index in [1.165, 1.54) is 0 Å². The van der Waals surface area contributed by atoms with E-state index in [1.807, 2.05) is 13.8 Å². The Morgan fingerprint density at radius 2 is 2.10 bits per heavy atom. The molecule has 0 aliphatic rings. The molecule has 0 radical (unpaired) electrons. The molecule has 62 valence electrons. The van der Waals surface area contributed by atoms with E-state index in [9.17, 15) is 4.79 Å². The predicted octanol–water partition coefficient (Wildman–Crippen LogP) is 0.448. The maximum absolute atomic E-state index is 9.66. The van der Waals surface area contributed by atoms with Gasteiger partial charge in [0.2, 0.25) is 0 Å². The summed E-state index contributed by atoms with van der Waals surface area (Å²) in [7, 11) is 1.63. The Bertz CT molecular complexity index is 57.6. The molecule has 0 saturated heterocycles.